The first-order valence-electron chi connectivity index (χ1n) is 6.23. The molecule has 0 bridgehead atoms. The first kappa shape index (κ1) is 13.8. The molecule has 0 amide bonds. The Morgan fingerprint density at radius 3 is 2.62 bits per heavy atom. The lowest BCUT2D eigenvalue weighted by atomic mass is 10.1. The Balaban J connectivity index is 2.03. The van der Waals surface area contributed by atoms with Crippen molar-refractivity contribution >= 4 is 22.5 Å². The van der Waals surface area contributed by atoms with Crippen LogP contribution >= 0.6 is 11.6 Å². The lowest BCUT2D eigenvalue weighted by molar-refractivity contribution is 0.425. The van der Waals surface area contributed by atoms with Gasteiger partial charge in [-0.05, 0) is 42.8 Å². The van der Waals surface area contributed by atoms with Crippen LogP contribution in [0.25, 0.3) is 10.9 Å². The standard InChI is InChI=1S/C16H10ClF2NO/c1-9-6-16(20-14-4-2-10(17)7-12(9)14)21-15-5-3-11(18)8-13(15)19/h2-8H,1H3. The van der Waals surface area contributed by atoms with Gasteiger partial charge in [-0.1, -0.05) is 11.6 Å². The Kier molecular flexibility index (Phi) is 3.47. The molecule has 0 saturated carbocycles. The van der Waals surface area contributed by atoms with Crippen molar-refractivity contribution in [3.8, 4) is 11.6 Å². The number of hydrogen-bond donors (Lipinski definition) is 0. The summed E-state index contributed by atoms with van der Waals surface area (Å²) in [4.78, 5) is 4.29. The minimum atomic E-state index is -0.773. The molecule has 1 heterocycles. The van der Waals surface area contributed by atoms with E-state index in [4.69, 9.17) is 16.3 Å². The van der Waals surface area contributed by atoms with E-state index in [2.05, 4.69) is 4.98 Å². The van der Waals surface area contributed by atoms with Crippen molar-refractivity contribution in [3.63, 3.8) is 0 Å². The van der Waals surface area contributed by atoms with Crippen molar-refractivity contribution in [1.82, 2.24) is 4.98 Å². The highest BCUT2D eigenvalue weighted by Gasteiger charge is 2.09. The second-order valence-corrected chi connectivity index (χ2v) is 5.05. The van der Waals surface area contributed by atoms with Crippen LogP contribution in [0, 0.1) is 18.6 Å². The molecular weight excluding hydrogens is 296 g/mol. The van der Waals surface area contributed by atoms with E-state index in [1.165, 1.54) is 6.07 Å². The van der Waals surface area contributed by atoms with E-state index in [9.17, 15) is 8.78 Å². The number of fused-ring (bicyclic) bond motifs is 1. The minimum absolute atomic E-state index is 0.0726. The number of nitrogens with zero attached hydrogens (tertiary/aromatic N) is 1. The van der Waals surface area contributed by atoms with Crippen LogP contribution in [0.3, 0.4) is 0 Å². The second-order valence-electron chi connectivity index (χ2n) is 4.62. The van der Waals surface area contributed by atoms with E-state index < -0.39 is 11.6 Å². The number of ether oxygens (including phenoxy) is 1. The predicted molar refractivity (Wildman–Crippen MR) is 77.9 cm³/mol. The lowest BCUT2D eigenvalue weighted by Crippen LogP contribution is -1.93. The molecule has 106 valence electrons. The van der Waals surface area contributed by atoms with Crippen molar-refractivity contribution in [1.29, 1.82) is 0 Å². The lowest BCUT2D eigenvalue weighted by Gasteiger charge is -2.09. The van der Waals surface area contributed by atoms with Gasteiger partial charge in [0.15, 0.2) is 11.6 Å². The molecule has 0 saturated heterocycles. The zero-order chi connectivity index (χ0) is 15.0. The van der Waals surface area contributed by atoms with E-state index in [0.29, 0.717) is 10.5 Å². The summed E-state index contributed by atoms with van der Waals surface area (Å²) >= 11 is 5.95. The minimum Gasteiger partial charge on any atom is -0.436 e. The van der Waals surface area contributed by atoms with Gasteiger partial charge in [0.2, 0.25) is 5.88 Å². The van der Waals surface area contributed by atoms with Crippen molar-refractivity contribution in [2.24, 2.45) is 0 Å². The highest BCUT2D eigenvalue weighted by Crippen LogP contribution is 2.28. The Hall–Kier alpha value is -2.20. The molecule has 3 aromatic rings. The van der Waals surface area contributed by atoms with E-state index in [1.54, 1.807) is 18.2 Å². The number of pyridine rings is 1. The van der Waals surface area contributed by atoms with E-state index in [0.717, 1.165) is 23.1 Å². The highest BCUT2D eigenvalue weighted by molar-refractivity contribution is 6.31. The molecule has 2 nitrogen and oxygen atoms in total. The summed E-state index contributed by atoms with van der Waals surface area (Å²) in [5.74, 6) is -1.26. The Morgan fingerprint density at radius 2 is 1.86 bits per heavy atom. The number of rotatable bonds is 2. The molecule has 1 aromatic heterocycles. The quantitative estimate of drug-likeness (QED) is 0.643. The second kappa shape index (κ2) is 5.30. The maximum absolute atomic E-state index is 13.6. The van der Waals surface area contributed by atoms with Gasteiger partial charge >= 0.3 is 0 Å². The van der Waals surface area contributed by atoms with Crippen LogP contribution in [0.15, 0.2) is 42.5 Å². The maximum Gasteiger partial charge on any atom is 0.220 e. The third kappa shape index (κ3) is 2.81. The molecule has 0 fully saturated rings. The zero-order valence-corrected chi connectivity index (χ0v) is 11.8. The number of hydrogen-bond acceptors (Lipinski definition) is 2. The van der Waals surface area contributed by atoms with Crippen LogP contribution in [0.1, 0.15) is 5.56 Å². The summed E-state index contributed by atoms with van der Waals surface area (Å²) in [6, 6.07) is 10.1. The number of benzene rings is 2. The smallest absolute Gasteiger partial charge is 0.220 e. The number of halogens is 3. The van der Waals surface area contributed by atoms with Gasteiger partial charge in [0.05, 0.1) is 5.52 Å². The van der Waals surface area contributed by atoms with Crippen molar-refractivity contribution < 1.29 is 13.5 Å². The summed E-state index contributed by atoms with van der Waals surface area (Å²) in [7, 11) is 0. The van der Waals surface area contributed by atoms with E-state index in [-0.39, 0.29) is 11.6 Å². The molecule has 0 aliphatic rings. The maximum atomic E-state index is 13.6. The van der Waals surface area contributed by atoms with Gasteiger partial charge in [-0.3, -0.25) is 0 Å². The Morgan fingerprint density at radius 1 is 1.05 bits per heavy atom. The monoisotopic (exact) mass is 305 g/mol. The molecular formula is C16H10ClF2NO. The molecule has 0 N–H and O–H groups in total. The van der Waals surface area contributed by atoms with Gasteiger partial charge in [0.25, 0.3) is 0 Å². The molecule has 3 rings (SSSR count). The largest absolute Gasteiger partial charge is 0.436 e. The number of aromatic nitrogens is 1. The Bertz CT molecular complexity index is 836. The summed E-state index contributed by atoms with van der Waals surface area (Å²) in [5.41, 5.74) is 1.59. The highest BCUT2D eigenvalue weighted by atomic mass is 35.5. The van der Waals surface area contributed by atoms with Gasteiger partial charge in [-0.25, -0.2) is 13.8 Å². The third-order valence-corrected chi connectivity index (χ3v) is 3.30. The molecule has 0 aliphatic carbocycles. The summed E-state index contributed by atoms with van der Waals surface area (Å²) in [6.45, 7) is 1.88. The van der Waals surface area contributed by atoms with Crippen molar-refractivity contribution in [2.75, 3.05) is 0 Å². The van der Waals surface area contributed by atoms with Crippen LogP contribution in [0.5, 0.6) is 11.6 Å². The topological polar surface area (TPSA) is 22.1 Å². The summed E-state index contributed by atoms with van der Waals surface area (Å²) < 4.78 is 31.9. The molecule has 21 heavy (non-hydrogen) atoms. The zero-order valence-electron chi connectivity index (χ0n) is 11.0. The molecule has 0 aliphatic heterocycles. The average Bonchev–Trinajstić information content (AvgIpc) is 2.43. The van der Waals surface area contributed by atoms with Gasteiger partial charge in [0, 0.05) is 22.5 Å². The average molecular weight is 306 g/mol. The fraction of sp³-hybridized carbons (Fsp3) is 0.0625. The Labute approximate surface area is 125 Å². The molecule has 0 spiro atoms. The van der Waals surface area contributed by atoms with Crippen LogP contribution in [0.4, 0.5) is 8.78 Å². The first-order valence-corrected chi connectivity index (χ1v) is 6.60. The molecule has 5 heteroatoms. The van der Waals surface area contributed by atoms with Crippen molar-refractivity contribution in [3.05, 3.63) is 64.7 Å². The SMILES string of the molecule is Cc1cc(Oc2ccc(F)cc2F)nc2ccc(Cl)cc12. The fourth-order valence-electron chi connectivity index (χ4n) is 2.06. The van der Waals surface area contributed by atoms with Crippen LogP contribution in [-0.2, 0) is 0 Å². The van der Waals surface area contributed by atoms with Gasteiger partial charge < -0.3 is 4.74 Å². The summed E-state index contributed by atoms with van der Waals surface area (Å²) in [6.07, 6.45) is 0. The molecule has 0 unspecified atom stereocenters. The summed E-state index contributed by atoms with van der Waals surface area (Å²) in [5, 5.41) is 1.51. The van der Waals surface area contributed by atoms with Crippen LogP contribution in [-0.4, -0.2) is 4.98 Å². The molecule has 2 aromatic carbocycles. The normalized spacial score (nSPS) is 10.9. The first-order chi connectivity index (χ1) is 10.0. The molecule has 0 atom stereocenters. The third-order valence-electron chi connectivity index (χ3n) is 3.06. The molecule has 0 radical (unpaired) electrons. The predicted octanol–water partition coefficient (Wildman–Crippen LogP) is 5.27. The van der Waals surface area contributed by atoms with Gasteiger partial charge in [0.1, 0.15) is 5.82 Å². The van der Waals surface area contributed by atoms with Crippen LogP contribution in [0.2, 0.25) is 5.02 Å². The van der Waals surface area contributed by atoms with Gasteiger partial charge in [-0.15, -0.1) is 0 Å². The van der Waals surface area contributed by atoms with Crippen LogP contribution < -0.4 is 4.74 Å². The fourth-order valence-corrected chi connectivity index (χ4v) is 2.23. The van der Waals surface area contributed by atoms with E-state index in [1.807, 2.05) is 13.0 Å². The number of aryl methyl sites for hydroxylation is 1. The van der Waals surface area contributed by atoms with E-state index >= 15 is 0 Å². The van der Waals surface area contributed by atoms with Crippen molar-refractivity contribution in [2.45, 2.75) is 6.92 Å². The van der Waals surface area contributed by atoms with Gasteiger partial charge in [-0.2, -0.15) is 0 Å².